The lowest BCUT2D eigenvalue weighted by Crippen LogP contribution is -2.23. The molecule has 4 rings (SSSR count). The normalized spacial score (nSPS) is 12.2. The van der Waals surface area contributed by atoms with Crippen LogP contribution >= 0.6 is 11.3 Å². The average Bonchev–Trinajstić information content (AvgIpc) is 3.35. The van der Waals surface area contributed by atoms with Crippen molar-refractivity contribution in [1.82, 2.24) is 15.5 Å². The molecule has 0 aliphatic heterocycles. The molecule has 0 amide bonds. The number of hydrogen-bond acceptors (Lipinski definition) is 5. The summed E-state index contributed by atoms with van der Waals surface area (Å²) < 4.78 is 5.46. The Hall–Kier alpha value is -2.76. The fourth-order valence-electron chi connectivity index (χ4n) is 2.72. The highest BCUT2D eigenvalue weighted by molar-refractivity contribution is 7.13. The summed E-state index contributed by atoms with van der Waals surface area (Å²) in [7, 11) is 0. The van der Waals surface area contributed by atoms with E-state index in [1.165, 1.54) is 5.56 Å². The van der Waals surface area contributed by atoms with Gasteiger partial charge in [-0.3, -0.25) is 10.3 Å². The Morgan fingerprint density at radius 2 is 1.88 bits per heavy atom. The monoisotopic (exact) mass is 347 g/mol. The summed E-state index contributed by atoms with van der Waals surface area (Å²) in [6.07, 6.45) is 1.82. The van der Waals surface area contributed by atoms with Crippen LogP contribution in [0.5, 0.6) is 0 Å². The minimum Gasteiger partial charge on any atom is -0.355 e. The first-order valence-corrected chi connectivity index (χ1v) is 8.97. The van der Waals surface area contributed by atoms with Crippen LogP contribution in [0.2, 0.25) is 0 Å². The van der Waals surface area contributed by atoms with Crippen molar-refractivity contribution in [3.8, 4) is 10.6 Å². The Kier molecular flexibility index (Phi) is 4.68. The zero-order valence-corrected chi connectivity index (χ0v) is 14.3. The zero-order chi connectivity index (χ0) is 16.9. The van der Waals surface area contributed by atoms with Gasteiger partial charge in [-0.15, -0.1) is 11.3 Å². The lowest BCUT2D eigenvalue weighted by molar-refractivity contribution is 0.418. The van der Waals surface area contributed by atoms with E-state index in [1.807, 2.05) is 66.2 Å². The van der Waals surface area contributed by atoms with E-state index < -0.39 is 0 Å². The largest absolute Gasteiger partial charge is 0.355 e. The lowest BCUT2D eigenvalue weighted by atomic mass is 10.0. The number of benzene rings is 1. The minimum atomic E-state index is 0.00397. The molecule has 0 saturated carbocycles. The van der Waals surface area contributed by atoms with E-state index in [9.17, 15) is 0 Å². The molecule has 0 radical (unpaired) electrons. The second-order valence-corrected chi connectivity index (χ2v) is 6.59. The van der Waals surface area contributed by atoms with Gasteiger partial charge in [-0.05, 0) is 29.1 Å². The van der Waals surface area contributed by atoms with Crippen LogP contribution in [-0.4, -0.2) is 10.1 Å². The summed E-state index contributed by atoms with van der Waals surface area (Å²) in [5.41, 5.74) is 3.03. The van der Waals surface area contributed by atoms with Gasteiger partial charge < -0.3 is 4.52 Å². The van der Waals surface area contributed by atoms with Crippen LogP contribution in [0.3, 0.4) is 0 Å². The van der Waals surface area contributed by atoms with Gasteiger partial charge in [0, 0.05) is 18.8 Å². The van der Waals surface area contributed by atoms with Gasteiger partial charge in [0.2, 0.25) is 0 Å². The molecule has 1 N–H and O–H groups in total. The molecule has 1 unspecified atom stereocenters. The van der Waals surface area contributed by atoms with E-state index in [0.717, 1.165) is 22.0 Å². The summed E-state index contributed by atoms with van der Waals surface area (Å²) >= 11 is 1.64. The van der Waals surface area contributed by atoms with Crippen molar-refractivity contribution in [2.24, 2.45) is 0 Å². The molecule has 5 heteroatoms. The molecule has 1 atom stereocenters. The highest BCUT2D eigenvalue weighted by atomic mass is 32.1. The summed E-state index contributed by atoms with van der Waals surface area (Å²) in [5, 5.41) is 9.76. The number of hydrogen-bond donors (Lipinski definition) is 1. The van der Waals surface area contributed by atoms with E-state index >= 15 is 0 Å². The van der Waals surface area contributed by atoms with Crippen molar-refractivity contribution in [2.45, 2.75) is 12.6 Å². The van der Waals surface area contributed by atoms with E-state index in [2.05, 4.69) is 27.6 Å². The summed E-state index contributed by atoms with van der Waals surface area (Å²) in [4.78, 5) is 5.60. The molecule has 3 heterocycles. The molecule has 4 aromatic rings. The van der Waals surface area contributed by atoms with Gasteiger partial charge >= 0.3 is 0 Å². The third-order valence-electron chi connectivity index (χ3n) is 3.93. The van der Waals surface area contributed by atoms with Crippen molar-refractivity contribution in [2.75, 3.05) is 0 Å². The van der Waals surface area contributed by atoms with E-state index in [1.54, 1.807) is 11.3 Å². The molecule has 0 fully saturated rings. The first kappa shape index (κ1) is 15.7. The molecular formula is C20H17N3OS. The van der Waals surface area contributed by atoms with E-state index in [4.69, 9.17) is 4.52 Å². The highest BCUT2D eigenvalue weighted by Crippen LogP contribution is 2.26. The predicted octanol–water partition coefficient (Wildman–Crippen LogP) is 4.68. The molecule has 25 heavy (non-hydrogen) atoms. The van der Waals surface area contributed by atoms with Crippen LogP contribution in [0, 0.1) is 0 Å². The van der Waals surface area contributed by atoms with Gasteiger partial charge in [0.15, 0.2) is 5.76 Å². The SMILES string of the molecule is c1ccc(C(NCc2cc(-c3cccs3)on2)c2ccccn2)cc1. The zero-order valence-electron chi connectivity index (χ0n) is 13.5. The summed E-state index contributed by atoms with van der Waals surface area (Å²) in [5.74, 6) is 0.806. The van der Waals surface area contributed by atoms with Crippen molar-refractivity contribution in [1.29, 1.82) is 0 Å². The van der Waals surface area contributed by atoms with Gasteiger partial charge in [0.05, 0.1) is 22.3 Å². The second kappa shape index (κ2) is 7.42. The first-order valence-electron chi connectivity index (χ1n) is 8.09. The number of rotatable bonds is 6. The van der Waals surface area contributed by atoms with Crippen molar-refractivity contribution in [3.63, 3.8) is 0 Å². The van der Waals surface area contributed by atoms with Gasteiger partial charge in [0.25, 0.3) is 0 Å². The predicted molar refractivity (Wildman–Crippen MR) is 99.2 cm³/mol. The fourth-order valence-corrected chi connectivity index (χ4v) is 3.40. The van der Waals surface area contributed by atoms with Crippen LogP contribution in [0.15, 0.2) is 82.8 Å². The van der Waals surface area contributed by atoms with Crippen LogP contribution in [0.4, 0.5) is 0 Å². The molecule has 3 aromatic heterocycles. The maximum absolute atomic E-state index is 5.46. The lowest BCUT2D eigenvalue weighted by Gasteiger charge is -2.18. The Morgan fingerprint density at radius 3 is 2.64 bits per heavy atom. The molecule has 0 saturated heterocycles. The quantitative estimate of drug-likeness (QED) is 0.550. The van der Waals surface area contributed by atoms with Crippen molar-refractivity contribution >= 4 is 11.3 Å². The van der Waals surface area contributed by atoms with Crippen LogP contribution in [0.25, 0.3) is 10.6 Å². The summed E-state index contributed by atoms with van der Waals surface area (Å²) in [6.45, 7) is 0.602. The van der Waals surface area contributed by atoms with E-state index in [0.29, 0.717) is 6.54 Å². The van der Waals surface area contributed by atoms with Crippen LogP contribution in [-0.2, 0) is 6.54 Å². The molecule has 124 valence electrons. The third kappa shape index (κ3) is 3.68. The van der Waals surface area contributed by atoms with Gasteiger partial charge in [-0.25, -0.2) is 0 Å². The average molecular weight is 347 g/mol. The molecule has 0 spiro atoms. The van der Waals surface area contributed by atoms with E-state index in [-0.39, 0.29) is 6.04 Å². The summed E-state index contributed by atoms with van der Waals surface area (Å²) in [6, 6.07) is 22.3. The number of nitrogens with zero attached hydrogens (tertiary/aromatic N) is 2. The van der Waals surface area contributed by atoms with Gasteiger partial charge in [-0.1, -0.05) is 47.6 Å². The number of pyridine rings is 1. The van der Waals surface area contributed by atoms with Crippen LogP contribution in [0.1, 0.15) is 23.0 Å². The van der Waals surface area contributed by atoms with Crippen molar-refractivity contribution < 1.29 is 4.52 Å². The van der Waals surface area contributed by atoms with Crippen molar-refractivity contribution in [3.05, 3.63) is 95.3 Å². The van der Waals surface area contributed by atoms with Crippen LogP contribution < -0.4 is 5.32 Å². The first-order chi connectivity index (χ1) is 12.4. The fraction of sp³-hybridized carbons (Fsp3) is 0.100. The molecule has 0 aliphatic carbocycles. The molecule has 1 aromatic carbocycles. The third-order valence-corrected chi connectivity index (χ3v) is 4.81. The Labute approximate surface area is 150 Å². The minimum absolute atomic E-state index is 0.00397. The molecule has 4 nitrogen and oxygen atoms in total. The number of thiophene rings is 1. The van der Waals surface area contributed by atoms with Gasteiger partial charge in [0.1, 0.15) is 0 Å². The Balaban J connectivity index is 1.54. The Morgan fingerprint density at radius 1 is 1.00 bits per heavy atom. The smallest absolute Gasteiger partial charge is 0.177 e. The number of aromatic nitrogens is 2. The maximum Gasteiger partial charge on any atom is 0.177 e. The second-order valence-electron chi connectivity index (χ2n) is 5.64. The number of nitrogens with one attached hydrogen (secondary N) is 1. The highest BCUT2D eigenvalue weighted by Gasteiger charge is 2.16. The van der Waals surface area contributed by atoms with Gasteiger partial charge in [-0.2, -0.15) is 0 Å². The molecular weight excluding hydrogens is 330 g/mol. The molecule has 0 bridgehead atoms. The maximum atomic E-state index is 5.46. The molecule has 0 aliphatic rings. The topological polar surface area (TPSA) is 51.0 Å². The standard InChI is InChI=1S/C20H17N3OS/c1-2-7-15(8-3-1)20(17-9-4-5-11-21-17)22-14-16-13-18(24-23-16)19-10-6-12-25-19/h1-13,20,22H,14H2. The Bertz CT molecular complexity index is 865.